The highest BCUT2D eigenvalue weighted by Crippen LogP contribution is 2.50. The number of ether oxygens (including phenoxy) is 1. The molecule has 0 fully saturated rings. The highest BCUT2D eigenvalue weighted by Gasteiger charge is 2.38. The molecule has 1 N–H and O–H groups in total. The van der Waals surface area contributed by atoms with Crippen LogP contribution >= 0.6 is 0 Å². The van der Waals surface area contributed by atoms with E-state index in [0.29, 0.717) is 48.9 Å². The van der Waals surface area contributed by atoms with Gasteiger partial charge >= 0.3 is 0 Å². The Balaban J connectivity index is 1.89. The fraction of sp³-hybridized carbons (Fsp3) is 0.478. The van der Waals surface area contributed by atoms with Gasteiger partial charge in [-0.2, -0.15) is 8.42 Å². The van der Waals surface area contributed by atoms with Crippen LogP contribution in [0.3, 0.4) is 0 Å². The lowest BCUT2D eigenvalue weighted by molar-refractivity contribution is 0.312. The van der Waals surface area contributed by atoms with E-state index in [1.165, 1.54) is 0 Å². The van der Waals surface area contributed by atoms with E-state index in [9.17, 15) is 21.4 Å². The second-order valence-corrected chi connectivity index (χ2v) is 12.0. The van der Waals surface area contributed by atoms with Crippen LogP contribution in [0.25, 0.3) is 16.3 Å². The second kappa shape index (κ2) is 9.71. The fourth-order valence-electron chi connectivity index (χ4n) is 4.36. The average molecular weight is 498 g/mol. The molecule has 10 heteroatoms. The molecule has 182 valence electrons. The lowest BCUT2D eigenvalue weighted by Crippen LogP contribution is -2.36. The van der Waals surface area contributed by atoms with E-state index in [-0.39, 0.29) is 11.5 Å². The molecule has 0 aliphatic carbocycles. The topological polar surface area (TPSA) is 121 Å². The molecule has 0 aromatic heterocycles. The number of unbranched alkanes of at least 4 members (excludes halogenated alkanes) is 2. The molecule has 2 aromatic rings. The minimum atomic E-state index is -4.21. The number of rotatable bonds is 11. The summed E-state index contributed by atoms with van der Waals surface area (Å²) >= 11 is 0. The molecule has 0 amide bonds. The SMILES string of the molecule is CC1=C(CCCCS(=O)(=O)[O-])c2c(cc(OCCCCS(=O)(=O)O)c3ccccc23)[N+]1(C)C. The lowest BCUT2D eigenvalue weighted by Gasteiger charge is -2.26. The first-order chi connectivity index (χ1) is 15.3. The highest BCUT2D eigenvalue weighted by molar-refractivity contribution is 7.85. The maximum absolute atomic E-state index is 11.0. The van der Waals surface area contributed by atoms with Crippen LogP contribution in [0, 0.1) is 0 Å². The molecule has 33 heavy (non-hydrogen) atoms. The summed E-state index contributed by atoms with van der Waals surface area (Å²) in [5.74, 6) is 0.0786. The van der Waals surface area contributed by atoms with Gasteiger partial charge in [-0.25, -0.2) is 8.42 Å². The van der Waals surface area contributed by atoms with Gasteiger partial charge in [-0.05, 0) is 37.5 Å². The number of hydrogen-bond donors (Lipinski definition) is 1. The zero-order chi connectivity index (χ0) is 24.4. The molecule has 1 heterocycles. The lowest BCUT2D eigenvalue weighted by atomic mass is 9.94. The van der Waals surface area contributed by atoms with E-state index < -0.39 is 20.2 Å². The quantitative estimate of drug-likeness (QED) is 0.284. The van der Waals surface area contributed by atoms with Gasteiger partial charge in [0.2, 0.25) is 0 Å². The maximum atomic E-state index is 11.0. The molecular weight excluding hydrogens is 466 g/mol. The normalized spacial score (nSPS) is 15.8. The first kappa shape index (κ1) is 25.6. The first-order valence-electron chi connectivity index (χ1n) is 10.9. The number of benzene rings is 2. The Bertz CT molecular complexity index is 1280. The molecule has 3 rings (SSSR count). The monoisotopic (exact) mass is 497 g/mol. The molecule has 0 atom stereocenters. The van der Waals surface area contributed by atoms with Crippen LogP contribution in [0.15, 0.2) is 36.0 Å². The Labute approximate surface area is 196 Å². The summed E-state index contributed by atoms with van der Waals surface area (Å²) in [5, 5.41) is 1.98. The summed E-state index contributed by atoms with van der Waals surface area (Å²) in [6.45, 7) is 2.40. The zero-order valence-corrected chi connectivity index (χ0v) is 20.8. The van der Waals surface area contributed by atoms with E-state index in [4.69, 9.17) is 9.29 Å². The van der Waals surface area contributed by atoms with Crippen molar-refractivity contribution in [2.75, 3.05) is 32.2 Å². The predicted octanol–water partition coefficient (Wildman–Crippen LogP) is 3.91. The second-order valence-electron chi connectivity index (χ2n) is 8.89. The van der Waals surface area contributed by atoms with Crippen molar-refractivity contribution in [2.45, 2.75) is 39.0 Å². The number of quaternary nitrogens is 1. The largest absolute Gasteiger partial charge is 0.748 e. The Morgan fingerprint density at radius 2 is 1.61 bits per heavy atom. The summed E-state index contributed by atoms with van der Waals surface area (Å²) in [4.78, 5) is 0. The Morgan fingerprint density at radius 3 is 2.24 bits per heavy atom. The smallest absolute Gasteiger partial charge is 0.264 e. The first-order valence-corrected chi connectivity index (χ1v) is 14.1. The van der Waals surface area contributed by atoms with Gasteiger partial charge in [0, 0.05) is 29.7 Å². The van der Waals surface area contributed by atoms with Gasteiger partial charge in [0.1, 0.15) is 17.1 Å². The van der Waals surface area contributed by atoms with Crippen molar-refractivity contribution in [3.8, 4) is 5.75 Å². The summed E-state index contributed by atoms with van der Waals surface area (Å²) in [6.07, 6.45) is 2.42. The van der Waals surface area contributed by atoms with Crippen molar-refractivity contribution < 1.29 is 30.7 Å². The van der Waals surface area contributed by atoms with Gasteiger partial charge in [-0.1, -0.05) is 24.3 Å². The molecule has 0 saturated carbocycles. The molecule has 0 radical (unpaired) electrons. The van der Waals surface area contributed by atoms with Crippen molar-refractivity contribution >= 4 is 42.3 Å². The highest BCUT2D eigenvalue weighted by atomic mass is 32.2. The molecule has 0 spiro atoms. The van der Waals surface area contributed by atoms with Gasteiger partial charge in [0.15, 0.2) is 0 Å². The van der Waals surface area contributed by atoms with Gasteiger partial charge < -0.3 is 9.29 Å². The van der Waals surface area contributed by atoms with Crippen LogP contribution in [0.1, 0.15) is 44.6 Å². The van der Waals surface area contributed by atoms with Crippen molar-refractivity contribution in [1.82, 2.24) is 4.48 Å². The van der Waals surface area contributed by atoms with Crippen LogP contribution in [0.4, 0.5) is 5.69 Å². The number of nitrogens with zero attached hydrogens (tertiary/aromatic N) is 1. The summed E-state index contributed by atoms with van der Waals surface area (Å²) in [5.41, 5.74) is 4.52. The van der Waals surface area contributed by atoms with Gasteiger partial charge in [0.05, 0.1) is 42.1 Å². The average Bonchev–Trinajstić information content (AvgIpc) is 2.90. The van der Waals surface area contributed by atoms with Crippen LogP contribution in [0.2, 0.25) is 0 Å². The third-order valence-electron chi connectivity index (χ3n) is 6.29. The molecular formula is C23H31NO7S2. The van der Waals surface area contributed by atoms with Crippen molar-refractivity contribution in [3.05, 3.63) is 41.6 Å². The van der Waals surface area contributed by atoms with E-state index >= 15 is 0 Å². The van der Waals surface area contributed by atoms with Crippen LogP contribution < -0.4 is 9.22 Å². The molecule has 0 saturated heterocycles. The fourth-order valence-corrected chi connectivity index (χ4v) is 5.49. The number of allylic oxidation sites excluding steroid dienone is 2. The van der Waals surface area contributed by atoms with Crippen molar-refractivity contribution in [1.29, 1.82) is 0 Å². The van der Waals surface area contributed by atoms with Crippen LogP contribution in [0.5, 0.6) is 5.75 Å². The van der Waals surface area contributed by atoms with Crippen molar-refractivity contribution in [3.63, 3.8) is 0 Å². The molecule has 2 aromatic carbocycles. The summed E-state index contributed by atoms with van der Waals surface area (Å²) < 4.78 is 70.2. The van der Waals surface area contributed by atoms with Gasteiger partial charge in [-0.3, -0.25) is 9.04 Å². The standard InChI is InChI=1S/C23H31NO7S2/c1-17-18(10-6-8-14-32(25,26)27)23-20-12-5-4-11-19(20)22(16-21(23)24(17,2)3)31-13-7-9-15-33(28,29)30/h4-5,11-12,16H,6-10,13-15H2,1-3H3,(H-,25,26,27,28,29,30). The molecule has 0 bridgehead atoms. The Hall–Kier alpha value is -1.98. The molecule has 0 unspecified atom stereocenters. The summed E-state index contributed by atoms with van der Waals surface area (Å²) in [6, 6.07) is 9.95. The molecule has 1 aliphatic rings. The third kappa shape index (κ3) is 6.13. The Morgan fingerprint density at radius 1 is 0.970 bits per heavy atom. The summed E-state index contributed by atoms with van der Waals surface area (Å²) in [7, 11) is -4.00. The zero-order valence-electron chi connectivity index (χ0n) is 19.2. The van der Waals surface area contributed by atoms with Gasteiger partial charge in [-0.15, -0.1) is 0 Å². The van der Waals surface area contributed by atoms with Gasteiger partial charge in [0.25, 0.3) is 10.1 Å². The van der Waals surface area contributed by atoms with Crippen LogP contribution in [-0.2, 0) is 20.2 Å². The Kier molecular flexibility index (Phi) is 7.55. The third-order valence-corrected chi connectivity index (χ3v) is 7.88. The molecule has 8 nitrogen and oxygen atoms in total. The van der Waals surface area contributed by atoms with E-state index in [1.807, 2.05) is 30.3 Å². The van der Waals surface area contributed by atoms with E-state index in [2.05, 4.69) is 21.0 Å². The number of hydrogen-bond acceptors (Lipinski definition) is 6. The molecule has 1 aliphatic heterocycles. The maximum Gasteiger partial charge on any atom is 0.264 e. The van der Waals surface area contributed by atoms with Crippen molar-refractivity contribution in [2.24, 2.45) is 0 Å². The van der Waals surface area contributed by atoms with E-state index in [0.717, 1.165) is 33.3 Å². The number of fused-ring (bicyclic) bond motifs is 3. The van der Waals surface area contributed by atoms with E-state index in [1.54, 1.807) is 0 Å². The predicted molar refractivity (Wildman–Crippen MR) is 130 cm³/mol. The minimum absolute atomic E-state index is 0.286. The van der Waals surface area contributed by atoms with Crippen LogP contribution in [-0.4, -0.2) is 58.1 Å². The minimum Gasteiger partial charge on any atom is -0.748 e.